The highest BCUT2D eigenvalue weighted by Crippen LogP contribution is 2.27. The van der Waals surface area contributed by atoms with E-state index < -0.39 is 0 Å². The van der Waals surface area contributed by atoms with Gasteiger partial charge in [0.1, 0.15) is 0 Å². The molecule has 0 unspecified atom stereocenters. The maximum absolute atomic E-state index is 4.47. The lowest BCUT2D eigenvalue weighted by Gasteiger charge is -2.12. The van der Waals surface area contributed by atoms with Gasteiger partial charge >= 0.3 is 0 Å². The summed E-state index contributed by atoms with van der Waals surface area (Å²) in [5.74, 6) is 0. The number of hydrogen-bond donors (Lipinski definition) is 1. The molecule has 1 N–H and O–H groups in total. The third-order valence-electron chi connectivity index (χ3n) is 3.39. The molecule has 0 amide bonds. The predicted molar refractivity (Wildman–Crippen MR) is 80.9 cm³/mol. The van der Waals surface area contributed by atoms with Crippen LogP contribution in [-0.2, 0) is 0 Å². The number of para-hydroxylation sites is 2. The summed E-state index contributed by atoms with van der Waals surface area (Å²) in [5, 5.41) is 4.66. The maximum atomic E-state index is 4.47. The molecule has 0 atom stereocenters. The number of anilines is 2. The summed E-state index contributed by atoms with van der Waals surface area (Å²) in [7, 11) is 0. The van der Waals surface area contributed by atoms with Crippen LogP contribution in [0.2, 0.25) is 0 Å². The van der Waals surface area contributed by atoms with E-state index in [1.54, 1.807) is 0 Å². The molecule has 0 aliphatic carbocycles. The van der Waals surface area contributed by atoms with Gasteiger partial charge in [-0.15, -0.1) is 0 Å². The zero-order chi connectivity index (χ0) is 13.2. The summed E-state index contributed by atoms with van der Waals surface area (Å²) < 4.78 is 0. The van der Waals surface area contributed by atoms with Crippen LogP contribution < -0.4 is 5.32 Å². The van der Waals surface area contributed by atoms with Crippen LogP contribution in [0.5, 0.6) is 0 Å². The predicted octanol–water partition coefficient (Wildman–Crippen LogP) is 4.60. The average molecular weight is 248 g/mol. The monoisotopic (exact) mass is 248 g/mol. The largest absolute Gasteiger partial charge is 0.355 e. The van der Waals surface area contributed by atoms with E-state index in [1.807, 2.05) is 18.3 Å². The van der Waals surface area contributed by atoms with Crippen LogP contribution in [-0.4, -0.2) is 4.98 Å². The van der Waals surface area contributed by atoms with Crippen molar-refractivity contribution in [1.29, 1.82) is 0 Å². The van der Waals surface area contributed by atoms with E-state index in [4.69, 9.17) is 0 Å². The van der Waals surface area contributed by atoms with Crippen LogP contribution in [0.4, 0.5) is 11.4 Å². The van der Waals surface area contributed by atoms with Crippen LogP contribution in [0, 0.1) is 13.8 Å². The van der Waals surface area contributed by atoms with Crippen molar-refractivity contribution >= 4 is 22.3 Å². The third-order valence-corrected chi connectivity index (χ3v) is 3.39. The lowest BCUT2D eigenvalue weighted by Crippen LogP contribution is -1.95. The van der Waals surface area contributed by atoms with Gasteiger partial charge in [-0.1, -0.05) is 36.4 Å². The highest BCUT2D eigenvalue weighted by molar-refractivity contribution is 5.94. The van der Waals surface area contributed by atoms with Crippen molar-refractivity contribution in [2.45, 2.75) is 13.8 Å². The minimum absolute atomic E-state index is 1.06. The second-order valence-corrected chi connectivity index (χ2v) is 4.77. The van der Waals surface area contributed by atoms with Crippen LogP contribution in [0.15, 0.2) is 54.7 Å². The fraction of sp³-hybridized carbons (Fsp3) is 0.118. The standard InChI is InChI=1S/C17H16N2/c1-12-6-3-4-9-15(12)19-16-10-11-18-17-13(2)7-5-8-14(16)17/h3-11H,1-2H3,(H,18,19). The summed E-state index contributed by atoms with van der Waals surface area (Å²) in [6.07, 6.45) is 1.86. The smallest absolute Gasteiger partial charge is 0.0751 e. The van der Waals surface area contributed by atoms with Gasteiger partial charge in [-0.25, -0.2) is 0 Å². The molecule has 2 heteroatoms. The Bertz CT molecular complexity index is 732. The zero-order valence-corrected chi connectivity index (χ0v) is 11.1. The lowest BCUT2D eigenvalue weighted by atomic mass is 10.1. The second-order valence-electron chi connectivity index (χ2n) is 4.77. The van der Waals surface area contributed by atoms with E-state index >= 15 is 0 Å². The quantitative estimate of drug-likeness (QED) is 0.717. The first kappa shape index (κ1) is 11.7. The normalized spacial score (nSPS) is 10.6. The first-order chi connectivity index (χ1) is 9.25. The summed E-state index contributed by atoms with van der Waals surface area (Å²) in [5.41, 5.74) is 5.73. The van der Waals surface area contributed by atoms with Gasteiger partial charge in [-0.2, -0.15) is 0 Å². The highest BCUT2D eigenvalue weighted by Gasteiger charge is 2.05. The van der Waals surface area contributed by atoms with Gasteiger partial charge in [0, 0.05) is 23.0 Å². The van der Waals surface area contributed by atoms with Gasteiger partial charge in [0.2, 0.25) is 0 Å². The minimum Gasteiger partial charge on any atom is -0.355 e. The fourth-order valence-corrected chi connectivity index (χ4v) is 2.29. The summed E-state index contributed by atoms with van der Waals surface area (Å²) in [6.45, 7) is 4.20. The molecular formula is C17H16N2. The van der Waals surface area contributed by atoms with Crippen molar-refractivity contribution in [2.24, 2.45) is 0 Å². The SMILES string of the molecule is Cc1ccccc1Nc1ccnc2c(C)cccc12. The van der Waals surface area contributed by atoms with Gasteiger partial charge < -0.3 is 5.32 Å². The Morgan fingerprint density at radius 3 is 2.42 bits per heavy atom. The number of benzene rings is 2. The zero-order valence-electron chi connectivity index (χ0n) is 11.1. The molecule has 3 aromatic rings. The Morgan fingerprint density at radius 1 is 0.789 bits per heavy atom. The molecule has 3 rings (SSSR count). The Balaban J connectivity index is 2.12. The van der Waals surface area contributed by atoms with Crippen molar-refractivity contribution in [2.75, 3.05) is 5.32 Å². The maximum Gasteiger partial charge on any atom is 0.0751 e. The van der Waals surface area contributed by atoms with E-state index in [1.165, 1.54) is 11.1 Å². The highest BCUT2D eigenvalue weighted by atomic mass is 14.9. The van der Waals surface area contributed by atoms with Gasteiger partial charge in [0.05, 0.1) is 5.52 Å². The van der Waals surface area contributed by atoms with E-state index in [2.05, 4.69) is 60.5 Å². The number of nitrogens with zero attached hydrogens (tertiary/aromatic N) is 1. The number of rotatable bonds is 2. The van der Waals surface area contributed by atoms with Gasteiger partial charge in [-0.3, -0.25) is 4.98 Å². The van der Waals surface area contributed by atoms with Gasteiger partial charge in [-0.05, 0) is 37.1 Å². The van der Waals surface area contributed by atoms with Crippen molar-refractivity contribution in [1.82, 2.24) is 4.98 Å². The molecule has 0 saturated carbocycles. The Labute approximate surface area is 113 Å². The molecule has 0 aliphatic heterocycles. The van der Waals surface area contributed by atoms with Crippen LogP contribution in [0.1, 0.15) is 11.1 Å². The van der Waals surface area contributed by atoms with Gasteiger partial charge in [0.15, 0.2) is 0 Å². The molecule has 0 radical (unpaired) electrons. The first-order valence-electron chi connectivity index (χ1n) is 6.43. The van der Waals surface area contributed by atoms with Crippen molar-refractivity contribution in [3.63, 3.8) is 0 Å². The van der Waals surface area contributed by atoms with E-state index in [0.717, 1.165) is 22.3 Å². The molecule has 0 saturated heterocycles. The molecule has 2 aromatic carbocycles. The van der Waals surface area contributed by atoms with E-state index in [9.17, 15) is 0 Å². The van der Waals surface area contributed by atoms with Crippen molar-refractivity contribution in [3.8, 4) is 0 Å². The molecule has 1 aromatic heterocycles. The number of aryl methyl sites for hydroxylation is 2. The summed E-state index contributed by atoms with van der Waals surface area (Å²) in [4.78, 5) is 4.47. The molecular weight excluding hydrogens is 232 g/mol. The number of hydrogen-bond acceptors (Lipinski definition) is 2. The number of fused-ring (bicyclic) bond motifs is 1. The molecule has 1 heterocycles. The molecule has 19 heavy (non-hydrogen) atoms. The Hall–Kier alpha value is -2.35. The van der Waals surface area contributed by atoms with E-state index in [0.29, 0.717) is 0 Å². The first-order valence-corrected chi connectivity index (χ1v) is 6.43. The molecule has 0 spiro atoms. The van der Waals surface area contributed by atoms with Crippen molar-refractivity contribution in [3.05, 3.63) is 65.9 Å². The Morgan fingerprint density at radius 2 is 1.58 bits per heavy atom. The number of aromatic nitrogens is 1. The summed E-state index contributed by atoms with van der Waals surface area (Å²) >= 11 is 0. The molecule has 0 aliphatic rings. The van der Waals surface area contributed by atoms with Crippen LogP contribution in [0.25, 0.3) is 10.9 Å². The van der Waals surface area contributed by atoms with Crippen LogP contribution in [0.3, 0.4) is 0 Å². The number of pyridine rings is 1. The number of nitrogens with one attached hydrogen (secondary N) is 1. The summed E-state index contributed by atoms with van der Waals surface area (Å²) in [6, 6.07) is 16.6. The minimum atomic E-state index is 1.06. The van der Waals surface area contributed by atoms with Crippen LogP contribution >= 0.6 is 0 Å². The van der Waals surface area contributed by atoms with Crippen molar-refractivity contribution < 1.29 is 0 Å². The topological polar surface area (TPSA) is 24.9 Å². The lowest BCUT2D eigenvalue weighted by molar-refractivity contribution is 1.36. The van der Waals surface area contributed by atoms with E-state index in [-0.39, 0.29) is 0 Å². The third kappa shape index (κ3) is 2.17. The second kappa shape index (κ2) is 4.73. The average Bonchev–Trinajstić information content (AvgIpc) is 2.42. The molecule has 2 nitrogen and oxygen atoms in total. The molecule has 0 fully saturated rings. The molecule has 94 valence electrons. The fourth-order valence-electron chi connectivity index (χ4n) is 2.29. The molecule has 0 bridgehead atoms. The Kier molecular flexibility index (Phi) is 2.92. The van der Waals surface area contributed by atoms with Gasteiger partial charge in [0.25, 0.3) is 0 Å².